The maximum Gasteiger partial charge on any atom is 0.338 e. The summed E-state index contributed by atoms with van der Waals surface area (Å²) in [5, 5.41) is 14.0. The standard InChI is InChI=1S/C22H15NO7/c1-28-22(25)14-7-8-18(17(10-14)23(26)27)29-12-15-11-20(24)30-19-9-6-13-4-2-3-5-16(13)21(15)19/h2-11H,12H2,1H3. The van der Waals surface area contributed by atoms with Crippen LogP contribution in [-0.4, -0.2) is 18.0 Å². The second-order valence-electron chi connectivity index (χ2n) is 6.47. The third kappa shape index (κ3) is 3.46. The van der Waals surface area contributed by atoms with Crippen molar-refractivity contribution in [1.29, 1.82) is 0 Å². The number of hydrogen-bond donors (Lipinski definition) is 0. The van der Waals surface area contributed by atoms with Gasteiger partial charge in [-0.1, -0.05) is 30.3 Å². The molecule has 0 fully saturated rings. The molecule has 0 atom stereocenters. The van der Waals surface area contributed by atoms with Crippen LogP contribution in [0, 0.1) is 10.1 Å². The number of ether oxygens (including phenoxy) is 2. The Bertz CT molecular complexity index is 1360. The Balaban J connectivity index is 1.77. The largest absolute Gasteiger partial charge is 0.482 e. The molecule has 4 aromatic rings. The minimum absolute atomic E-state index is 0.0331. The van der Waals surface area contributed by atoms with Crippen molar-refractivity contribution in [2.75, 3.05) is 7.11 Å². The third-order valence-electron chi connectivity index (χ3n) is 4.67. The van der Waals surface area contributed by atoms with Crippen molar-refractivity contribution >= 4 is 33.4 Å². The van der Waals surface area contributed by atoms with Gasteiger partial charge in [-0.3, -0.25) is 10.1 Å². The first-order valence-electron chi connectivity index (χ1n) is 8.92. The number of fused-ring (bicyclic) bond motifs is 3. The molecule has 1 heterocycles. The normalized spacial score (nSPS) is 10.8. The number of nitro benzene ring substituents is 1. The first-order chi connectivity index (χ1) is 14.5. The first kappa shape index (κ1) is 19.1. The van der Waals surface area contributed by atoms with Gasteiger partial charge in [-0.2, -0.15) is 0 Å². The number of methoxy groups -OCH3 is 1. The van der Waals surface area contributed by atoms with E-state index in [2.05, 4.69) is 4.74 Å². The van der Waals surface area contributed by atoms with E-state index in [0.29, 0.717) is 16.5 Å². The number of carbonyl (C=O) groups is 1. The lowest BCUT2D eigenvalue weighted by Gasteiger charge is -2.11. The Morgan fingerprint density at radius 3 is 2.67 bits per heavy atom. The van der Waals surface area contributed by atoms with Gasteiger partial charge >= 0.3 is 17.3 Å². The lowest BCUT2D eigenvalue weighted by Crippen LogP contribution is -2.06. The van der Waals surface area contributed by atoms with Crippen LogP contribution in [0.4, 0.5) is 5.69 Å². The van der Waals surface area contributed by atoms with Crippen molar-refractivity contribution in [1.82, 2.24) is 0 Å². The van der Waals surface area contributed by atoms with Crippen molar-refractivity contribution in [3.63, 3.8) is 0 Å². The summed E-state index contributed by atoms with van der Waals surface area (Å²) in [6, 6.07) is 16.3. The van der Waals surface area contributed by atoms with E-state index in [-0.39, 0.29) is 23.6 Å². The van der Waals surface area contributed by atoms with Crippen LogP contribution in [-0.2, 0) is 11.3 Å². The minimum Gasteiger partial charge on any atom is -0.482 e. The average Bonchev–Trinajstić information content (AvgIpc) is 2.76. The number of nitrogens with zero attached hydrogens (tertiary/aromatic N) is 1. The molecule has 0 saturated heterocycles. The maximum absolute atomic E-state index is 12.0. The van der Waals surface area contributed by atoms with Gasteiger partial charge < -0.3 is 13.9 Å². The van der Waals surface area contributed by atoms with Gasteiger partial charge in [-0.05, 0) is 29.0 Å². The summed E-state index contributed by atoms with van der Waals surface area (Å²) in [6.45, 7) is -0.103. The first-order valence-corrected chi connectivity index (χ1v) is 8.92. The molecular weight excluding hydrogens is 390 g/mol. The summed E-state index contributed by atoms with van der Waals surface area (Å²) in [5.74, 6) is -0.725. The number of esters is 1. The van der Waals surface area contributed by atoms with Gasteiger partial charge in [0.05, 0.1) is 17.6 Å². The second-order valence-corrected chi connectivity index (χ2v) is 6.47. The Labute approximate surface area is 169 Å². The highest BCUT2D eigenvalue weighted by Gasteiger charge is 2.20. The average molecular weight is 405 g/mol. The Morgan fingerprint density at radius 2 is 1.90 bits per heavy atom. The predicted octanol–water partition coefficient (Wildman–Crippen LogP) is 4.22. The maximum atomic E-state index is 12.0. The molecule has 1 aromatic heterocycles. The summed E-state index contributed by atoms with van der Waals surface area (Å²) in [5.41, 5.74) is 0.0371. The van der Waals surface area contributed by atoms with Gasteiger partial charge in [-0.15, -0.1) is 0 Å². The lowest BCUT2D eigenvalue weighted by molar-refractivity contribution is -0.386. The van der Waals surface area contributed by atoms with Crippen molar-refractivity contribution in [3.05, 3.63) is 92.3 Å². The van der Waals surface area contributed by atoms with Crippen LogP contribution in [0.1, 0.15) is 15.9 Å². The highest BCUT2D eigenvalue weighted by molar-refractivity contribution is 6.07. The highest BCUT2D eigenvalue weighted by Crippen LogP contribution is 2.31. The zero-order chi connectivity index (χ0) is 21.3. The number of rotatable bonds is 5. The molecule has 0 radical (unpaired) electrons. The SMILES string of the molecule is COC(=O)c1ccc(OCc2cc(=O)oc3ccc4ccccc4c23)c([N+](=O)[O-])c1. The van der Waals surface area contributed by atoms with Crippen LogP contribution in [0.5, 0.6) is 5.75 Å². The monoisotopic (exact) mass is 405 g/mol. The molecule has 4 rings (SSSR count). The number of benzene rings is 3. The molecule has 0 spiro atoms. The van der Waals surface area contributed by atoms with E-state index in [0.717, 1.165) is 16.8 Å². The van der Waals surface area contributed by atoms with Crippen LogP contribution < -0.4 is 10.4 Å². The number of hydrogen-bond acceptors (Lipinski definition) is 7. The van der Waals surface area contributed by atoms with Crippen molar-refractivity contribution < 1.29 is 23.6 Å². The Hall–Kier alpha value is -4.20. The van der Waals surface area contributed by atoms with Gasteiger partial charge in [0, 0.05) is 23.1 Å². The van der Waals surface area contributed by atoms with E-state index in [9.17, 15) is 19.7 Å². The molecule has 0 aliphatic heterocycles. The van der Waals surface area contributed by atoms with Gasteiger partial charge in [0.2, 0.25) is 0 Å². The molecule has 0 saturated carbocycles. The second kappa shape index (κ2) is 7.67. The van der Waals surface area contributed by atoms with E-state index >= 15 is 0 Å². The molecule has 0 N–H and O–H groups in total. The fraction of sp³-hybridized carbons (Fsp3) is 0.0909. The van der Waals surface area contributed by atoms with Crippen LogP contribution >= 0.6 is 0 Å². The fourth-order valence-electron chi connectivity index (χ4n) is 3.32. The van der Waals surface area contributed by atoms with E-state index in [4.69, 9.17) is 9.15 Å². The highest BCUT2D eigenvalue weighted by atomic mass is 16.6. The van der Waals surface area contributed by atoms with Gasteiger partial charge in [0.25, 0.3) is 0 Å². The fourth-order valence-corrected chi connectivity index (χ4v) is 3.32. The van der Waals surface area contributed by atoms with Crippen LogP contribution in [0.25, 0.3) is 21.7 Å². The smallest absolute Gasteiger partial charge is 0.338 e. The topological polar surface area (TPSA) is 109 Å². The molecule has 0 bridgehead atoms. The van der Waals surface area contributed by atoms with E-state index < -0.39 is 16.5 Å². The molecule has 0 amide bonds. The summed E-state index contributed by atoms with van der Waals surface area (Å²) in [7, 11) is 1.19. The van der Waals surface area contributed by atoms with Crippen molar-refractivity contribution in [2.24, 2.45) is 0 Å². The molecule has 8 heteroatoms. The van der Waals surface area contributed by atoms with Gasteiger partial charge in [0.15, 0.2) is 5.75 Å². The van der Waals surface area contributed by atoms with Crippen LogP contribution in [0.15, 0.2) is 69.9 Å². The zero-order valence-corrected chi connectivity index (χ0v) is 15.8. The Morgan fingerprint density at radius 1 is 1.10 bits per heavy atom. The summed E-state index contributed by atoms with van der Waals surface area (Å²) >= 11 is 0. The quantitative estimate of drug-likeness (QED) is 0.161. The summed E-state index contributed by atoms with van der Waals surface area (Å²) < 4.78 is 15.6. The zero-order valence-electron chi connectivity index (χ0n) is 15.8. The van der Waals surface area contributed by atoms with E-state index in [1.165, 1.54) is 25.3 Å². The molecule has 150 valence electrons. The molecule has 30 heavy (non-hydrogen) atoms. The van der Waals surface area contributed by atoms with Gasteiger partial charge in [-0.25, -0.2) is 9.59 Å². The van der Waals surface area contributed by atoms with E-state index in [1.807, 2.05) is 30.3 Å². The van der Waals surface area contributed by atoms with Crippen molar-refractivity contribution in [2.45, 2.75) is 6.61 Å². The molecule has 8 nitrogen and oxygen atoms in total. The molecular formula is C22H15NO7. The number of carbonyl (C=O) groups excluding carboxylic acids is 1. The Kier molecular flexibility index (Phi) is 4.89. The third-order valence-corrected chi connectivity index (χ3v) is 4.67. The molecule has 0 aliphatic rings. The lowest BCUT2D eigenvalue weighted by atomic mass is 10.0. The van der Waals surface area contributed by atoms with Crippen LogP contribution in [0.3, 0.4) is 0 Å². The van der Waals surface area contributed by atoms with Crippen molar-refractivity contribution in [3.8, 4) is 5.75 Å². The number of nitro groups is 1. The molecule has 0 aliphatic carbocycles. The predicted molar refractivity (Wildman–Crippen MR) is 109 cm³/mol. The van der Waals surface area contributed by atoms with E-state index in [1.54, 1.807) is 6.07 Å². The molecule has 0 unspecified atom stereocenters. The summed E-state index contributed by atoms with van der Waals surface area (Å²) in [6.07, 6.45) is 0. The van der Waals surface area contributed by atoms with Crippen LogP contribution in [0.2, 0.25) is 0 Å². The summed E-state index contributed by atoms with van der Waals surface area (Å²) in [4.78, 5) is 34.5. The van der Waals surface area contributed by atoms with Gasteiger partial charge in [0.1, 0.15) is 12.2 Å². The minimum atomic E-state index is -0.692. The molecule has 3 aromatic carbocycles.